The standard InChI is InChI=1S/C15H22BrNO3/c1-3-17-12-10-14(15(12)19-9-8-18-2)20-13-7-5-4-6-11(13)16/h4-7,12,14-15,17H,3,8-10H2,1-2H3. The Hall–Kier alpha value is -0.620. The van der Waals surface area contributed by atoms with E-state index in [9.17, 15) is 0 Å². The van der Waals surface area contributed by atoms with Gasteiger partial charge in [-0.25, -0.2) is 0 Å². The van der Waals surface area contributed by atoms with E-state index in [-0.39, 0.29) is 12.2 Å². The van der Waals surface area contributed by atoms with Gasteiger partial charge in [-0.2, -0.15) is 0 Å². The van der Waals surface area contributed by atoms with Crippen LogP contribution in [0.2, 0.25) is 0 Å². The van der Waals surface area contributed by atoms with E-state index >= 15 is 0 Å². The molecule has 5 heteroatoms. The molecule has 0 amide bonds. The largest absolute Gasteiger partial charge is 0.486 e. The molecule has 1 aromatic rings. The van der Waals surface area contributed by atoms with E-state index in [0.717, 1.165) is 23.2 Å². The average molecular weight is 344 g/mol. The molecule has 0 saturated heterocycles. The van der Waals surface area contributed by atoms with Crippen LogP contribution in [0.15, 0.2) is 28.7 Å². The summed E-state index contributed by atoms with van der Waals surface area (Å²) < 4.78 is 17.9. The summed E-state index contributed by atoms with van der Waals surface area (Å²) >= 11 is 3.51. The molecule has 0 bridgehead atoms. The number of nitrogens with one attached hydrogen (secondary N) is 1. The number of likely N-dealkylation sites (N-methyl/N-ethyl adjacent to an activating group) is 1. The van der Waals surface area contributed by atoms with Crippen molar-refractivity contribution in [3.8, 4) is 5.75 Å². The summed E-state index contributed by atoms with van der Waals surface area (Å²) in [4.78, 5) is 0. The van der Waals surface area contributed by atoms with E-state index < -0.39 is 0 Å². The average Bonchev–Trinajstić information content (AvgIpc) is 2.44. The van der Waals surface area contributed by atoms with E-state index in [1.807, 2.05) is 24.3 Å². The van der Waals surface area contributed by atoms with Gasteiger partial charge in [0.25, 0.3) is 0 Å². The summed E-state index contributed by atoms with van der Waals surface area (Å²) in [6.45, 7) is 4.25. The van der Waals surface area contributed by atoms with E-state index in [1.165, 1.54) is 0 Å². The Bertz CT molecular complexity index is 416. The zero-order valence-corrected chi connectivity index (χ0v) is 13.6. The van der Waals surface area contributed by atoms with Crippen molar-refractivity contribution in [2.24, 2.45) is 0 Å². The van der Waals surface area contributed by atoms with Crippen molar-refractivity contribution in [2.75, 3.05) is 26.9 Å². The number of hydrogen-bond donors (Lipinski definition) is 1. The molecule has 0 aliphatic heterocycles. The van der Waals surface area contributed by atoms with Crippen molar-refractivity contribution < 1.29 is 14.2 Å². The zero-order valence-electron chi connectivity index (χ0n) is 12.0. The molecule has 2 rings (SSSR count). The summed E-state index contributed by atoms with van der Waals surface area (Å²) in [5.41, 5.74) is 0. The summed E-state index contributed by atoms with van der Waals surface area (Å²) in [5.74, 6) is 0.868. The Morgan fingerprint density at radius 3 is 2.80 bits per heavy atom. The minimum absolute atomic E-state index is 0.0807. The Morgan fingerprint density at radius 1 is 1.30 bits per heavy atom. The molecule has 1 fully saturated rings. The van der Waals surface area contributed by atoms with Crippen LogP contribution in [-0.2, 0) is 9.47 Å². The Morgan fingerprint density at radius 2 is 2.10 bits per heavy atom. The fourth-order valence-corrected chi connectivity index (χ4v) is 2.73. The second kappa shape index (κ2) is 7.98. The van der Waals surface area contributed by atoms with Crippen LogP contribution in [0.25, 0.3) is 0 Å². The fraction of sp³-hybridized carbons (Fsp3) is 0.600. The van der Waals surface area contributed by atoms with Crippen LogP contribution in [0, 0.1) is 0 Å². The first-order valence-corrected chi connectivity index (χ1v) is 7.80. The van der Waals surface area contributed by atoms with Crippen molar-refractivity contribution in [1.29, 1.82) is 0 Å². The third kappa shape index (κ3) is 3.95. The fourth-order valence-electron chi connectivity index (χ4n) is 2.35. The first kappa shape index (κ1) is 15.8. The maximum absolute atomic E-state index is 6.05. The number of hydrogen-bond acceptors (Lipinski definition) is 4. The summed E-state index contributed by atoms with van der Waals surface area (Å²) in [7, 11) is 1.68. The predicted molar refractivity (Wildman–Crippen MR) is 82.3 cm³/mol. The molecule has 0 spiro atoms. The van der Waals surface area contributed by atoms with Crippen LogP contribution in [0.5, 0.6) is 5.75 Å². The molecule has 3 atom stereocenters. The van der Waals surface area contributed by atoms with Gasteiger partial charge in [-0.1, -0.05) is 19.1 Å². The molecule has 112 valence electrons. The normalized spacial score (nSPS) is 25.2. The SMILES string of the molecule is CCNC1CC(Oc2ccccc2Br)C1OCCOC. The molecule has 20 heavy (non-hydrogen) atoms. The maximum Gasteiger partial charge on any atom is 0.134 e. The molecular weight excluding hydrogens is 322 g/mol. The molecule has 0 aromatic heterocycles. The topological polar surface area (TPSA) is 39.7 Å². The maximum atomic E-state index is 6.05. The van der Waals surface area contributed by atoms with Gasteiger partial charge in [0, 0.05) is 19.6 Å². The Kier molecular flexibility index (Phi) is 6.29. The molecule has 0 radical (unpaired) electrons. The second-order valence-corrected chi connectivity index (χ2v) is 5.67. The minimum atomic E-state index is 0.0807. The smallest absolute Gasteiger partial charge is 0.134 e. The molecule has 0 heterocycles. The van der Waals surface area contributed by atoms with Gasteiger partial charge in [0.2, 0.25) is 0 Å². The van der Waals surface area contributed by atoms with Gasteiger partial charge in [-0.05, 0) is 34.6 Å². The third-order valence-electron chi connectivity index (χ3n) is 3.43. The summed E-state index contributed by atoms with van der Waals surface area (Å²) in [6.07, 6.45) is 1.14. The lowest BCUT2D eigenvalue weighted by Gasteiger charge is -2.44. The van der Waals surface area contributed by atoms with E-state index in [1.54, 1.807) is 7.11 Å². The number of halogens is 1. The van der Waals surface area contributed by atoms with Crippen LogP contribution in [0.3, 0.4) is 0 Å². The van der Waals surface area contributed by atoms with Gasteiger partial charge < -0.3 is 19.5 Å². The predicted octanol–water partition coefficient (Wildman–Crippen LogP) is 2.61. The van der Waals surface area contributed by atoms with E-state index in [4.69, 9.17) is 14.2 Å². The van der Waals surface area contributed by atoms with Gasteiger partial charge in [0.05, 0.1) is 17.7 Å². The quantitative estimate of drug-likeness (QED) is 0.736. The van der Waals surface area contributed by atoms with Crippen LogP contribution in [0.4, 0.5) is 0 Å². The van der Waals surface area contributed by atoms with Crippen molar-refractivity contribution in [3.63, 3.8) is 0 Å². The van der Waals surface area contributed by atoms with Crippen molar-refractivity contribution in [1.82, 2.24) is 5.32 Å². The number of methoxy groups -OCH3 is 1. The van der Waals surface area contributed by atoms with Crippen molar-refractivity contribution >= 4 is 15.9 Å². The highest BCUT2D eigenvalue weighted by atomic mass is 79.9. The summed E-state index contributed by atoms with van der Waals surface area (Å²) in [5, 5.41) is 3.43. The molecular formula is C15H22BrNO3. The monoisotopic (exact) mass is 343 g/mol. The number of ether oxygens (including phenoxy) is 3. The number of para-hydroxylation sites is 1. The van der Waals surface area contributed by atoms with Crippen LogP contribution >= 0.6 is 15.9 Å². The Balaban J connectivity index is 1.91. The lowest BCUT2D eigenvalue weighted by atomic mass is 9.85. The lowest BCUT2D eigenvalue weighted by Crippen LogP contribution is -2.61. The van der Waals surface area contributed by atoms with Crippen molar-refractivity contribution in [2.45, 2.75) is 31.6 Å². The van der Waals surface area contributed by atoms with Crippen molar-refractivity contribution in [3.05, 3.63) is 28.7 Å². The first-order chi connectivity index (χ1) is 9.76. The molecule has 1 saturated carbocycles. The summed E-state index contributed by atoms with van der Waals surface area (Å²) in [6, 6.07) is 8.27. The molecule has 1 aliphatic rings. The minimum Gasteiger partial charge on any atom is -0.486 e. The molecule has 1 aromatic carbocycles. The molecule has 4 nitrogen and oxygen atoms in total. The molecule has 1 N–H and O–H groups in total. The number of rotatable bonds is 8. The van der Waals surface area contributed by atoms with E-state index in [2.05, 4.69) is 28.2 Å². The molecule has 1 aliphatic carbocycles. The van der Waals surface area contributed by atoms with Gasteiger partial charge in [-0.15, -0.1) is 0 Å². The van der Waals surface area contributed by atoms with E-state index in [0.29, 0.717) is 19.3 Å². The highest BCUT2D eigenvalue weighted by molar-refractivity contribution is 9.10. The Labute approximate surface area is 128 Å². The highest BCUT2D eigenvalue weighted by Crippen LogP contribution is 2.32. The van der Waals surface area contributed by atoms with Crippen LogP contribution in [0.1, 0.15) is 13.3 Å². The van der Waals surface area contributed by atoms with Crippen LogP contribution < -0.4 is 10.1 Å². The third-order valence-corrected chi connectivity index (χ3v) is 4.08. The lowest BCUT2D eigenvalue weighted by molar-refractivity contribution is -0.115. The van der Waals surface area contributed by atoms with Gasteiger partial charge in [0.15, 0.2) is 0 Å². The molecule has 3 unspecified atom stereocenters. The first-order valence-electron chi connectivity index (χ1n) is 7.01. The second-order valence-electron chi connectivity index (χ2n) is 4.81. The zero-order chi connectivity index (χ0) is 14.4. The number of benzene rings is 1. The highest BCUT2D eigenvalue weighted by Gasteiger charge is 2.43. The van der Waals surface area contributed by atoms with Gasteiger partial charge in [0.1, 0.15) is 18.0 Å². The van der Waals surface area contributed by atoms with Gasteiger partial charge in [-0.3, -0.25) is 0 Å². The van der Waals surface area contributed by atoms with Crippen LogP contribution in [-0.4, -0.2) is 45.1 Å². The van der Waals surface area contributed by atoms with Gasteiger partial charge >= 0.3 is 0 Å².